The number of amides is 1. The number of halogens is 3. The molecule has 2 fully saturated rings. The van der Waals surface area contributed by atoms with Crippen LogP contribution in [0.5, 0.6) is 0 Å². The van der Waals surface area contributed by atoms with Gasteiger partial charge in [-0.05, 0) is 97.7 Å². The fourth-order valence-electron chi connectivity index (χ4n) is 6.94. The van der Waals surface area contributed by atoms with Gasteiger partial charge in [-0.2, -0.15) is 0 Å². The summed E-state index contributed by atoms with van der Waals surface area (Å²) in [5.74, 6) is -0.759. The highest BCUT2D eigenvalue weighted by Gasteiger charge is 2.45. The first-order chi connectivity index (χ1) is 20.4. The van der Waals surface area contributed by atoms with Gasteiger partial charge in [-0.15, -0.1) is 5.10 Å². The second kappa shape index (κ2) is 12.6. The number of carbonyl (C=O) groups is 1. The summed E-state index contributed by atoms with van der Waals surface area (Å²) in [6, 6.07) is 7.96. The predicted octanol–water partition coefficient (Wildman–Crippen LogP) is 6.70. The Morgan fingerprint density at radius 2 is 1.79 bits per heavy atom. The predicted molar refractivity (Wildman–Crippen MR) is 164 cm³/mol. The van der Waals surface area contributed by atoms with E-state index in [4.69, 9.17) is 11.6 Å². The molecule has 2 aromatic carbocycles. The maximum Gasteiger partial charge on any atom is 0.227 e. The lowest BCUT2D eigenvalue weighted by Gasteiger charge is -2.36. The molecule has 2 unspecified atom stereocenters. The normalized spacial score (nSPS) is 21.0. The molecule has 2 saturated heterocycles. The standard InChI is InChI=1S/C33H43ClF2N6O/c1-7-30(42-31(8-2)37-38-39-42)25-17-28(34)20(3)15-24(25)21-11-13-40(14-12-21)32(43)27-19-41(33(4,5)6)18-26(27)23-10-9-22(35)16-29(23)36/h9-10,15-17,21,26-27,30H,7-8,11-14,18-19H2,1-6H3/t26?,27-,30?/m1/s1. The van der Waals surface area contributed by atoms with E-state index < -0.39 is 11.6 Å². The van der Waals surface area contributed by atoms with Crippen LogP contribution in [0.15, 0.2) is 30.3 Å². The van der Waals surface area contributed by atoms with Crippen molar-refractivity contribution >= 4 is 17.5 Å². The molecular formula is C33H43ClF2N6O. The molecule has 3 heterocycles. The Morgan fingerprint density at radius 1 is 1.07 bits per heavy atom. The molecule has 0 aliphatic carbocycles. The highest BCUT2D eigenvalue weighted by atomic mass is 35.5. The van der Waals surface area contributed by atoms with Gasteiger partial charge in [-0.25, -0.2) is 13.5 Å². The molecule has 0 saturated carbocycles. The van der Waals surface area contributed by atoms with Gasteiger partial charge in [0.2, 0.25) is 5.91 Å². The molecule has 0 N–H and O–H groups in total. The summed E-state index contributed by atoms with van der Waals surface area (Å²) in [4.78, 5) is 18.3. The highest BCUT2D eigenvalue weighted by molar-refractivity contribution is 6.31. The number of hydrogen-bond donors (Lipinski definition) is 0. The third-order valence-electron chi connectivity index (χ3n) is 9.48. The third kappa shape index (κ3) is 6.34. The van der Waals surface area contributed by atoms with Crippen molar-refractivity contribution in [2.75, 3.05) is 26.2 Å². The average Bonchev–Trinajstić information content (AvgIpc) is 3.63. The molecule has 3 aromatic rings. The van der Waals surface area contributed by atoms with E-state index in [1.165, 1.54) is 17.7 Å². The molecule has 7 nitrogen and oxygen atoms in total. The fraction of sp³-hybridized carbons (Fsp3) is 0.576. The molecule has 232 valence electrons. The molecule has 1 amide bonds. The molecule has 0 radical (unpaired) electrons. The van der Waals surface area contributed by atoms with Crippen molar-refractivity contribution in [3.63, 3.8) is 0 Å². The van der Waals surface area contributed by atoms with Crippen molar-refractivity contribution in [3.8, 4) is 0 Å². The maximum atomic E-state index is 15.0. The zero-order valence-electron chi connectivity index (χ0n) is 26.1. The zero-order chi connectivity index (χ0) is 31.1. The minimum Gasteiger partial charge on any atom is -0.342 e. The van der Waals surface area contributed by atoms with Crippen LogP contribution in [0.2, 0.25) is 5.02 Å². The molecule has 2 aliphatic rings. The van der Waals surface area contributed by atoms with Crippen LogP contribution in [0, 0.1) is 24.5 Å². The summed E-state index contributed by atoms with van der Waals surface area (Å²) in [5, 5.41) is 13.2. The zero-order valence-corrected chi connectivity index (χ0v) is 26.8. The molecule has 2 aliphatic heterocycles. The van der Waals surface area contributed by atoms with Crippen LogP contribution in [0.4, 0.5) is 8.78 Å². The van der Waals surface area contributed by atoms with Gasteiger partial charge in [0, 0.05) is 55.1 Å². The Hall–Kier alpha value is -2.91. The number of piperidine rings is 1. The number of aryl methyl sites for hydroxylation is 2. The van der Waals surface area contributed by atoms with Crippen LogP contribution in [-0.2, 0) is 11.2 Å². The van der Waals surface area contributed by atoms with Crippen molar-refractivity contribution < 1.29 is 13.6 Å². The molecule has 3 atom stereocenters. The lowest BCUT2D eigenvalue weighted by molar-refractivity contribution is -0.136. The maximum absolute atomic E-state index is 15.0. The van der Waals surface area contributed by atoms with Gasteiger partial charge in [-0.1, -0.05) is 37.6 Å². The van der Waals surface area contributed by atoms with Gasteiger partial charge < -0.3 is 4.90 Å². The SMILES string of the molecule is CCc1nnnn1C(CC)c1cc(Cl)c(C)cc1C1CCN(C(=O)[C@@H]2CN(C(C)(C)C)CC2c2ccc(F)cc2F)CC1. The second-order valence-electron chi connectivity index (χ2n) is 13.1. The molecular weight excluding hydrogens is 570 g/mol. The van der Waals surface area contributed by atoms with Gasteiger partial charge in [0.15, 0.2) is 5.82 Å². The Balaban J connectivity index is 1.38. The van der Waals surface area contributed by atoms with E-state index in [2.05, 4.69) is 60.3 Å². The Morgan fingerprint density at radius 3 is 2.42 bits per heavy atom. The van der Waals surface area contributed by atoms with Crippen molar-refractivity contribution in [3.05, 3.63) is 75.1 Å². The number of benzene rings is 2. The first kappa shape index (κ1) is 31.5. The van der Waals surface area contributed by atoms with Crippen LogP contribution in [0.3, 0.4) is 0 Å². The summed E-state index contributed by atoms with van der Waals surface area (Å²) >= 11 is 6.66. The molecule has 5 rings (SSSR count). The van der Waals surface area contributed by atoms with E-state index in [0.717, 1.165) is 53.7 Å². The number of carbonyl (C=O) groups excluding carboxylic acids is 1. The number of rotatable bonds is 7. The molecule has 0 spiro atoms. The van der Waals surface area contributed by atoms with Crippen molar-refractivity contribution in [1.82, 2.24) is 30.0 Å². The molecule has 0 bridgehead atoms. The van der Waals surface area contributed by atoms with Crippen LogP contribution in [-0.4, -0.2) is 67.6 Å². The summed E-state index contributed by atoms with van der Waals surface area (Å²) in [5.41, 5.74) is 3.64. The Labute approximate surface area is 258 Å². The van der Waals surface area contributed by atoms with Crippen LogP contribution in [0.1, 0.15) is 99.8 Å². The van der Waals surface area contributed by atoms with E-state index in [1.54, 1.807) is 0 Å². The van der Waals surface area contributed by atoms with Crippen LogP contribution < -0.4 is 0 Å². The van der Waals surface area contributed by atoms with Gasteiger partial charge in [0.05, 0.1) is 12.0 Å². The number of nitrogens with zero attached hydrogens (tertiary/aromatic N) is 6. The highest BCUT2D eigenvalue weighted by Crippen LogP contribution is 2.41. The summed E-state index contributed by atoms with van der Waals surface area (Å²) in [7, 11) is 0. The fourth-order valence-corrected chi connectivity index (χ4v) is 7.11. The first-order valence-electron chi connectivity index (χ1n) is 15.5. The van der Waals surface area contributed by atoms with E-state index in [0.29, 0.717) is 31.7 Å². The number of aromatic nitrogens is 4. The van der Waals surface area contributed by atoms with Gasteiger partial charge in [0.1, 0.15) is 11.6 Å². The summed E-state index contributed by atoms with van der Waals surface area (Å²) < 4.78 is 30.6. The topological polar surface area (TPSA) is 67.2 Å². The minimum atomic E-state index is -0.606. The molecule has 43 heavy (non-hydrogen) atoms. The van der Waals surface area contributed by atoms with E-state index in [1.807, 2.05) is 23.4 Å². The molecule has 1 aromatic heterocycles. The first-order valence-corrected chi connectivity index (χ1v) is 15.9. The number of hydrogen-bond acceptors (Lipinski definition) is 5. The average molecular weight is 613 g/mol. The number of likely N-dealkylation sites (tertiary alicyclic amines) is 2. The van der Waals surface area contributed by atoms with Gasteiger partial charge in [-0.3, -0.25) is 9.69 Å². The smallest absolute Gasteiger partial charge is 0.227 e. The Bertz CT molecular complexity index is 1460. The molecule has 10 heteroatoms. The van der Waals surface area contributed by atoms with Crippen molar-refractivity contribution in [2.24, 2.45) is 5.92 Å². The lowest BCUT2D eigenvalue weighted by atomic mass is 9.82. The van der Waals surface area contributed by atoms with Gasteiger partial charge >= 0.3 is 0 Å². The minimum absolute atomic E-state index is 0.0362. The summed E-state index contributed by atoms with van der Waals surface area (Å²) in [6.07, 6.45) is 3.18. The number of tetrazole rings is 1. The monoisotopic (exact) mass is 612 g/mol. The van der Waals surface area contributed by atoms with E-state index >= 15 is 0 Å². The van der Waals surface area contributed by atoms with E-state index in [9.17, 15) is 13.6 Å². The third-order valence-corrected chi connectivity index (χ3v) is 9.88. The summed E-state index contributed by atoms with van der Waals surface area (Å²) in [6.45, 7) is 14.9. The largest absolute Gasteiger partial charge is 0.342 e. The van der Waals surface area contributed by atoms with Crippen molar-refractivity contribution in [1.29, 1.82) is 0 Å². The van der Waals surface area contributed by atoms with E-state index in [-0.39, 0.29) is 35.2 Å². The Kier molecular flexibility index (Phi) is 9.23. The quantitative estimate of drug-likeness (QED) is 0.297. The van der Waals surface area contributed by atoms with Gasteiger partial charge in [0.25, 0.3) is 0 Å². The van der Waals surface area contributed by atoms with Crippen LogP contribution in [0.25, 0.3) is 0 Å². The lowest BCUT2D eigenvalue weighted by Crippen LogP contribution is -2.44. The second-order valence-corrected chi connectivity index (χ2v) is 13.5. The van der Waals surface area contributed by atoms with Crippen molar-refractivity contribution in [2.45, 2.75) is 90.6 Å². The van der Waals surface area contributed by atoms with Crippen LogP contribution >= 0.6 is 11.6 Å².